The van der Waals surface area contributed by atoms with Gasteiger partial charge < -0.3 is 15.4 Å². The Morgan fingerprint density at radius 3 is 2.62 bits per heavy atom. The molecule has 0 radical (unpaired) electrons. The lowest BCUT2D eigenvalue weighted by atomic mass is 9.62. The Kier molecular flexibility index (Phi) is 3.22. The van der Waals surface area contributed by atoms with Gasteiger partial charge in [0.05, 0.1) is 17.0 Å². The molecule has 1 aliphatic heterocycles. The fourth-order valence-corrected chi connectivity index (χ4v) is 4.06. The largest absolute Gasteiger partial charge is 0.481 e. The summed E-state index contributed by atoms with van der Waals surface area (Å²) in [5, 5.41) is 13.5. The van der Waals surface area contributed by atoms with E-state index in [1.807, 2.05) is 0 Å². The molecule has 1 aromatic heterocycles. The van der Waals surface area contributed by atoms with Crippen LogP contribution in [-0.4, -0.2) is 22.6 Å². The SMILES string of the molecule is O=C(O)C1(C2NCCc3c2[nH]c2ccc(C(F)(F)F)cc32)CCC1. The van der Waals surface area contributed by atoms with Gasteiger partial charge in [0.1, 0.15) is 0 Å². The highest BCUT2D eigenvalue weighted by Gasteiger charge is 2.53. The Morgan fingerprint density at radius 2 is 2.04 bits per heavy atom. The first kappa shape index (κ1) is 15.5. The second-order valence-corrected chi connectivity index (χ2v) is 6.73. The average Bonchev–Trinajstić information content (AvgIpc) is 2.83. The number of carbonyl (C=O) groups is 1. The molecule has 0 bridgehead atoms. The van der Waals surface area contributed by atoms with Crippen molar-refractivity contribution in [1.29, 1.82) is 0 Å². The standard InChI is InChI=1S/C17H17F3N2O2/c18-17(19,20)9-2-3-12-11(8-9)10-4-7-21-14(13(10)22-12)16(15(23)24)5-1-6-16/h2-3,8,14,21-22H,1,4-7H2,(H,23,24). The number of nitrogens with one attached hydrogen (secondary N) is 2. The minimum absolute atomic E-state index is 0.380. The molecule has 0 spiro atoms. The fraction of sp³-hybridized carbons (Fsp3) is 0.471. The summed E-state index contributed by atoms with van der Waals surface area (Å²) in [6, 6.07) is 3.28. The number of rotatable bonds is 2. The van der Waals surface area contributed by atoms with Gasteiger partial charge in [-0.15, -0.1) is 0 Å². The second-order valence-electron chi connectivity index (χ2n) is 6.73. The van der Waals surface area contributed by atoms with Crippen LogP contribution in [0.1, 0.15) is 42.1 Å². The summed E-state index contributed by atoms with van der Waals surface area (Å²) in [5.74, 6) is -0.839. The van der Waals surface area contributed by atoms with E-state index < -0.39 is 23.1 Å². The predicted octanol–water partition coefficient (Wildman–Crippen LogP) is 3.63. The first-order valence-corrected chi connectivity index (χ1v) is 8.01. The number of fused-ring (bicyclic) bond motifs is 3. The van der Waals surface area contributed by atoms with Gasteiger partial charge in [-0.25, -0.2) is 0 Å². The first-order chi connectivity index (χ1) is 11.3. The number of H-pyrrole nitrogens is 1. The van der Waals surface area contributed by atoms with E-state index in [0.29, 0.717) is 36.7 Å². The van der Waals surface area contributed by atoms with E-state index in [1.54, 1.807) is 0 Å². The maximum atomic E-state index is 13.0. The monoisotopic (exact) mass is 338 g/mol. The molecule has 2 heterocycles. The van der Waals surface area contributed by atoms with E-state index >= 15 is 0 Å². The van der Waals surface area contributed by atoms with Crippen molar-refractivity contribution in [3.8, 4) is 0 Å². The number of carboxylic acids is 1. The summed E-state index contributed by atoms with van der Waals surface area (Å²) >= 11 is 0. The number of halogens is 3. The van der Waals surface area contributed by atoms with Crippen LogP contribution in [0.4, 0.5) is 13.2 Å². The van der Waals surface area contributed by atoms with Gasteiger partial charge in [-0.3, -0.25) is 4.79 Å². The van der Waals surface area contributed by atoms with Crippen LogP contribution < -0.4 is 5.32 Å². The lowest BCUT2D eigenvalue weighted by molar-refractivity contribution is -0.158. The van der Waals surface area contributed by atoms with Crippen LogP contribution in [0.25, 0.3) is 10.9 Å². The van der Waals surface area contributed by atoms with Gasteiger partial charge in [0.25, 0.3) is 0 Å². The molecule has 4 rings (SSSR count). The van der Waals surface area contributed by atoms with E-state index in [-0.39, 0.29) is 6.04 Å². The van der Waals surface area contributed by atoms with Crippen molar-refractivity contribution < 1.29 is 23.1 Å². The molecule has 2 aliphatic rings. The number of hydrogen-bond donors (Lipinski definition) is 3. The van der Waals surface area contributed by atoms with Crippen molar-refractivity contribution in [2.75, 3.05) is 6.54 Å². The minimum atomic E-state index is -4.39. The minimum Gasteiger partial charge on any atom is -0.481 e. The van der Waals surface area contributed by atoms with Crippen LogP contribution in [-0.2, 0) is 17.4 Å². The molecule has 7 heteroatoms. The van der Waals surface area contributed by atoms with Crippen molar-refractivity contribution in [3.05, 3.63) is 35.0 Å². The van der Waals surface area contributed by atoms with Crippen molar-refractivity contribution in [3.63, 3.8) is 0 Å². The molecule has 128 valence electrons. The van der Waals surface area contributed by atoms with Gasteiger partial charge in [0.15, 0.2) is 0 Å². The van der Waals surface area contributed by atoms with Crippen LogP contribution >= 0.6 is 0 Å². The van der Waals surface area contributed by atoms with Crippen LogP contribution in [0.2, 0.25) is 0 Å². The Balaban J connectivity index is 1.86. The molecule has 4 nitrogen and oxygen atoms in total. The molecular formula is C17H17F3N2O2. The summed E-state index contributed by atoms with van der Waals surface area (Å²) in [4.78, 5) is 15.0. The van der Waals surface area contributed by atoms with E-state index in [2.05, 4.69) is 10.3 Å². The van der Waals surface area contributed by atoms with E-state index in [1.165, 1.54) is 12.1 Å². The predicted molar refractivity (Wildman–Crippen MR) is 81.7 cm³/mol. The molecule has 1 saturated carbocycles. The Labute approximate surface area is 136 Å². The molecule has 1 unspecified atom stereocenters. The maximum Gasteiger partial charge on any atom is 0.416 e. The molecule has 2 aromatic rings. The second kappa shape index (κ2) is 4.99. The maximum absolute atomic E-state index is 13.0. The molecule has 0 amide bonds. The zero-order valence-electron chi connectivity index (χ0n) is 12.8. The van der Waals surface area contributed by atoms with Gasteiger partial charge >= 0.3 is 12.1 Å². The zero-order chi connectivity index (χ0) is 17.1. The Bertz CT molecular complexity index is 821. The third kappa shape index (κ3) is 2.07. The van der Waals surface area contributed by atoms with Crippen LogP contribution in [0.5, 0.6) is 0 Å². The third-order valence-corrected chi connectivity index (χ3v) is 5.50. The van der Waals surface area contributed by atoms with Gasteiger partial charge in [-0.1, -0.05) is 6.42 Å². The number of alkyl halides is 3. The highest BCUT2D eigenvalue weighted by Crippen LogP contribution is 2.52. The summed E-state index contributed by atoms with van der Waals surface area (Å²) in [5.41, 5.74) is 0.637. The highest BCUT2D eigenvalue weighted by molar-refractivity contribution is 5.87. The van der Waals surface area contributed by atoms with Crippen LogP contribution in [0.15, 0.2) is 18.2 Å². The number of carboxylic acid groups (broad SMARTS) is 1. The smallest absolute Gasteiger partial charge is 0.416 e. The van der Waals surface area contributed by atoms with E-state index in [4.69, 9.17) is 0 Å². The van der Waals surface area contributed by atoms with Crippen molar-refractivity contribution in [2.45, 2.75) is 37.9 Å². The molecule has 24 heavy (non-hydrogen) atoms. The lowest BCUT2D eigenvalue weighted by Crippen LogP contribution is -2.50. The molecular weight excluding hydrogens is 321 g/mol. The fourth-order valence-electron chi connectivity index (χ4n) is 4.06. The van der Waals surface area contributed by atoms with E-state index in [0.717, 1.165) is 23.7 Å². The highest BCUT2D eigenvalue weighted by atomic mass is 19.4. The third-order valence-electron chi connectivity index (χ3n) is 5.50. The van der Waals surface area contributed by atoms with Gasteiger partial charge in [0, 0.05) is 16.6 Å². The summed E-state index contributed by atoms with van der Waals surface area (Å²) in [7, 11) is 0. The van der Waals surface area contributed by atoms with Crippen LogP contribution in [0.3, 0.4) is 0 Å². The van der Waals surface area contributed by atoms with E-state index in [9.17, 15) is 23.1 Å². The first-order valence-electron chi connectivity index (χ1n) is 8.01. The molecule has 1 atom stereocenters. The number of aromatic amines is 1. The van der Waals surface area contributed by atoms with Crippen molar-refractivity contribution >= 4 is 16.9 Å². The molecule has 1 aromatic carbocycles. The summed E-state index contributed by atoms with van der Waals surface area (Å²) in [6.07, 6.45) is -1.77. The molecule has 1 fully saturated rings. The van der Waals surface area contributed by atoms with Crippen LogP contribution in [0, 0.1) is 5.41 Å². The Morgan fingerprint density at radius 1 is 1.29 bits per heavy atom. The summed E-state index contributed by atoms with van der Waals surface area (Å²) in [6.45, 7) is 0.565. The summed E-state index contributed by atoms with van der Waals surface area (Å²) < 4.78 is 39.0. The quantitative estimate of drug-likeness (QED) is 0.783. The number of aliphatic carboxylic acids is 1. The normalized spacial score (nSPS) is 22.9. The number of benzene rings is 1. The molecule has 3 N–H and O–H groups in total. The zero-order valence-corrected chi connectivity index (χ0v) is 12.8. The lowest BCUT2D eigenvalue weighted by Gasteiger charge is -2.45. The molecule has 1 aliphatic carbocycles. The molecule has 0 saturated heterocycles. The van der Waals surface area contributed by atoms with Gasteiger partial charge in [-0.05, 0) is 49.6 Å². The van der Waals surface area contributed by atoms with Crippen molar-refractivity contribution in [1.82, 2.24) is 10.3 Å². The Hall–Kier alpha value is -2.02. The van der Waals surface area contributed by atoms with Crippen molar-refractivity contribution in [2.24, 2.45) is 5.41 Å². The topological polar surface area (TPSA) is 65.1 Å². The van der Waals surface area contributed by atoms with Gasteiger partial charge in [-0.2, -0.15) is 13.2 Å². The number of hydrogen-bond acceptors (Lipinski definition) is 2. The van der Waals surface area contributed by atoms with Gasteiger partial charge in [0.2, 0.25) is 0 Å². The number of aromatic nitrogens is 1. The average molecular weight is 338 g/mol.